The molecule has 0 saturated heterocycles. The number of fused-ring (bicyclic) bond motifs is 1. The molecule has 0 atom stereocenters. The number of anilines is 1. The van der Waals surface area contributed by atoms with Gasteiger partial charge in [-0.2, -0.15) is 0 Å². The van der Waals surface area contributed by atoms with E-state index in [2.05, 4.69) is 5.32 Å². The van der Waals surface area contributed by atoms with Gasteiger partial charge >= 0.3 is 0 Å². The Balaban J connectivity index is 1.50. The summed E-state index contributed by atoms with van der Waals surface area (Å²) in [6, 6.07) is 16.9. The lowest BCUT2D eigenvalue weighted by molar-refractivity contribution is -0.118. The molecule has 0 unspecified atom stereocenters. The van der Waals surface area contributed by atoms with E-state index in [1.54, 1.807) is 0 Å². The standard InChI is InChI=1S/C23H15F2NO4/c24-18-7-4-8-19(25)22(18)26-21(27)13-29-15-9-10-16-20(11-15)30-12-17(23(16)28)14-5-2-1-3-6-14/h1-12H,13H2,(H,26,27). The number of halogens is 2. The lowest BCUT2D eigenvalue weighted by atomic mass is 10.1. The Bertz CT molecular complexity index is 1270. The summed E-state index contributed by atoms with van der Waals surface area (Å²) in [5.41, 5.74) is 0.733. The Morgan fingerprint density at radius 3 is 2.43 bits per heavy atom. The van der Waals surface area contributed by atoms with Gasteiger partial charge in [0, 0.05) is 6.07 Å². The van der Waals surface area contributed by atoms with Crippen LogP contribution in [0.3, 0.4) is 0 Å². The van der Waals surface area contributed by atoms with Crippen LogP contribution in [0.4, 0.5) is 14.5 Å². The van der Waals surface area contributed by atoms with Gasteiger partial charge in [-0.05, 0) is 29.8 Å². The number of nitrogens with one attached hydrogen (secondary N) is 1. The number of para-hydroxylation sites is 1. The summed E-state index contributed by atoms with van der Waals surface area (Å²) >= 11 is 0. The second-order valence-corrected chi connectivity index (χ2v) is 6.44. The molecule has 150 valence electrons. The van der Waals surface area contributed by atoms with Crippen molar-refractivity contribution in [1.29, 1.82) is 0 Å². The van der Waals surface area contributed by atoms with Gasteiger partial charge in [-0.3, -0.25) is 9.59 Å². The predicted octanol–water partition coefficient (Wildman–Crippen LogP) is 4.76. The van der Waals surface area contributed by atoms with Crippen LogP contribution in [0.25, 0.3) is 22.1 Å². The molecule has 0 saturated carbocycles. The highest BCUT2D eigenvalue weighted by atomic mass is 19.1. The molecular formula is C23H15F2NO4. The molecule has 4 rings (SSSR count). The van der Waals surface area contributed by atoms with E-state index in [9.17, 15) is 18.4 Å². The minimum Gasteiger partial charge on any atom is -0.484 e. The Kier molecular flexibility index (Phi) is 5.26. The first-order chi connectivity index (χ1) is 14.5. The number of rotatable bonds is 5. The van der Waals surface area contributed by atoms with Crippen LogP contribution in [0, 0.1) is 11.6 Å². The van der Waals surface area contributed by atoms with Crippen LogP contribution in [0.5, 0.6) is 5.75 Å². The molecule has 30 heavy (non-hydrogen) atoms. The average molecular weight is 407 g/mol. The van der Waals surface area contributed by atoms with E-state index in [0.717, 1.165) is 17.7 Å². The highest BCUT2D eigenvalue weighted by Gasteiger charge is 2.13. The number of carbonyl (C=O) groups is 1. The van der Waals surface area contributed by atoms with E-state index in [1.165, 1.54) is 30.5 Å². The summed E-state index contributed by atoms with van der Waals surface area (Å²) in [6.07, 6.45) is 1.37. The van der Waals surface area contributed by atoms with Gasteiger partial charge in [-0.15, -0.1) is 0 Å². The summed E-state index contributed by atoms with van der Waals surface area (Å²) < 4.78 is 38.1. The fourth-order valence-electron chi connectivity index (χ4n) is 2.96. The number of benzene rings is 3. The van der Waals surface area contributed by atoms with Gasteiger partial charge in [0.1, 0.15) is 34.9 Å². The van der Waals surface area contributed by atoms with Crippen molar-refractivity contribution in [3.05, 3.63) is 94.9 Å². The molecule has 3 aromatic carbocycles. The molecule has 1 amide bonds. The van der Waals surface area contributed by atoms with Crippen molar-refractivity contribution < 1.29 is 22.7 Å². The van der Waals surface area contributed by atoms with Gasteiger partial charge in [0.05, 0.1) is 10.9 Å². The van der Waals surface area contributed by atoms with Crippen LogP contribution in [0.1, 0.15) is 0 Å². The Morgan fingerprint density at radius 2 is 1.70 bits per heavy atom. The van der Waals surface area contributed by atoms with E-state index in [-0.39, 0.29) is 16.8 Å². The third-order valence-corrected chi connectivity index (χ3v) is 4.43. The summed E-state index contributed by atoms with van der Waals surface area (Å²) in [5, 5.41) is 2.50. The molecule has 0 radical (unpaired) electrons. The molecule has 1 N–H and O–H groups in total. The second kappa shape index (κ2) is 8.16. The molecule has 0 fully saturated rings. The lowest BCUT2D eigenvalue weighted by Gasteiger charge is -2.09. The lowest BCUT2D eigenvalue weighted by Crippen LogP contribution is -2.21. The van der Waals surface area contributed by atoms with Crippen molar-refractivity contribution in [2.24, 2.45) is 0 Å². The van der Waals surface area contributed by atoms with E-state index < -0.39 is 29.8 Å². The van der Waals surface area contributed by atoms with E-state index in [1.807, 2.05) is 30.3 Å². The molecule has 0 spiro atoms. The van der Waals surface area contributed by atoms with Gasteiger partial charge in [-0.1, -0.05) is 36.4 Å². The molecule has 0 bridgehead atoms. The molecule has 5 nitrogen and oxygen atoms in total. The highest BCUT2D eigenvalue weighted by molar-refractivity contribution is 5.92. The minimum absolute atomic E-state index is 0.193. The van der Waals surface area contributed by atoms with Gasteiger partial charge in [-0.25, -0.2) is 8.78 Å². The molecule has 0 aliphatic rings. The van der Waals surface area contributed by atoms with Crippen molar-refractivity contribution >= 4 is 22.6 Å². The van der Waals surface area contributed by atoms with Crippen molar-refractivity contribution in [3.8, 4) is 16.9 Å². The Morgan fingerprint density at radius 1 is 0.967 bits per heavy atom. The first kappa shape index (κ1) is 19.3. The van der Waals surface area contributed by atoms with Crippen LogP contribution in [-0.4, -0.2) is 12.5 Å². The van der Waals surface area contributed by atoms with Crippen LogP contribution in [0.15, 0.2) is 82.2 Å². The third-order valence-electron chi connectivity index (χ3n) is 4.43. The van der Waals surface area contributed by atoms with Gasteiger partial charge < -0.3 is 14.5 Å². The summed E-state index contributed by atoms with van der Waals surface area (Å²) in [5.74, 6) is -2.24. The molecular weight excluding hydrogens is 392 g/mol. The zero-order chi connectivity index (χ0) is 21.1. The minimum atomic E-state index is -0.884. The third kappa shape index (κ3) is 3.91. The number of carbonyl (C=O) groups excluding carboxylic acids is 1. The molecule has 7 heteroatoms. The normalized spacial score (nSPS) is 10.7. The molecule has 0 aliphatic heterocycles. The Labute approximate surface area is 169 Å². The zero-order valence-electron chi connectivity index (χ0n) is 15.5. The number of hydrogen-bond donors (Lipinski definition) is 1. The van der Waals surface area contributed by atoms with E-state index >= 15 is 0 Å². The van der Waals surface area contributed by atoms with Crippen LogP contribution < -0.4 is 15.5 Å². The van der Waals surface area contributed by atoms with E-state index in [0.29, 0.717) is 10.9 Å². The quantitative estimate of drug-likeness (QED) is 0.518. The topological polar surface area (TPSA) is 68.5 Å². The fourth-order valence-corrected chi connectivity index (χ4v) is 2.96. The molecule has 1 aromatic heterocycles. The molecule has 1 heterocycles. The smallest absolute Gasteiger partial charge is 0.262 e. The summed E-state index contributed by atoms with van der Waals surface area (Å²) in [7, 11) is 0. The fraction of sp³-hybridized carbons (Fsp3) is 0.0435. The summed E-state index contributed by atoms with van der Waals surface area (Å²) in [6.45, 7) is -0.481. The Hall–Kier alpha value is -4.00. The molecule has 4 aromatic rings. The van der Waals surface area contributed by atoms with Crippen molar-refractivity contribution in [2.75, 3.05) is 11.9 Å². The van der Waals surface area contributed by atoms with Gasteiger partial charge in [0.25, 0.3) is 5.91 Å². The van der Waals surface area contributed by atoms with Crippen LogP contribution >= 0.6 is 0 Å². The summed E-state index contributed by atoms with van der Waals surface area (Å²) in [4.78, 5) is 24.7. The van der Waals surface area contributed by atoms with E-state index in [4.69, 9.17) is 9.15 Å². The van der Waals surface area contributed by atoms with Gasteiger partial charge in [0.2, 0.25) is 0 Å². The predicted molar refractivity (Wildman–Crippen MR) is 108 cm³/mol. The number of amides is 1. The van der Waals surface area contributed by atoms with Crippen molar-refractivity contribution in [3.63, 3.8) is 0 Å². The maximum atomic E-state index is 13.6. The highest BCUT2D eigenvalue weighted by Crippen LogP contribution is 2.23. The largest absolute Gasteiger partial charge is 0.484 e. The average Bonchev–Trinajstić information content (AvgIpc) is 2.76. The first-order valence-electron chi connectivity index (χ1n) is 9.00. The van der Waals surface area contributed by atoms with Crippen LogP contribution in [-0.2, 0) is 4.79 Å². The van der Waals surface area contributed by atoms with Gasteiger partial charge in [0.15, 0.2) is 12.0 Å². The maximum absolute atomic E-state index is 13.6. The SMILES string of the molecule is O=C(COc1ccc2c(=O)c(-c3ccccc3)coc2c1)Nc1c(F)cccc1F. The zero-order valence-corrected chi connectivity index (χ0v) is 15.5. The van der Waals surface area contributed by atoms with Crippen molar-refractivity contribution in [1.82, 2.24) is 0 Å². The number of hydrogen-bond acceptors (Lipinski definition) is 4. The van der Waals surface area contributed by atoms with Crippen LogP contribution in [0.2, 0.25) is 0 Å². The number of ether oxygens (including phenoxy) is 1. The first-order valence-corrected chi connectivity index (χ1v) is 9.00. The second-order valence-electron chi connectivity index (χ2n) is 6.44. The van der Waals surface area contributed by atoms with Crippen molar-refractivity contribution in [2.45, 2.75) is 0 Å². The molecule has 0 aliphatic carbocycles. The monoisotopic (exact) mass is 407 g/mol. The maximum Gasteiger partial charge on any atom is 0.262 e.